The number of benzene rings is 1. The summed E-state index contributed by atoms with van der Waals surface area (Å²) in [5, 5.41) is 5.50. The fraction of sp³-hybridized carbons (Fsp3) is 0.250. The second kappa shape index (κ2) is 8.00. The van der Waals surface area contributed by atoms with Crippen LogP contribution in [0.15, 0.2) is 35.3 Å². The highest BCUT2D eigenvalue weighted by Gasteiger charge is 2.33. The second-order valence-electron chi connectivity index (χ2n) is 6.67. The number of hydrogen-bond donors (Lipinski definition) is 1. The Morgan fingerprint density at radius 1 is 1.30 bits per heavy atom. The third kappa shape index (κ3) is 3.61. The number of esters is 1. The summed E-state index contributed by atoms with van der Waals surface area (Å²) in [6, 6.07) is 9.33. The summed E-state index contributed by atoms with van der Waals surface area (Å²) in [4.78, 5) is 33.5. The normalized spacial score (nSPS) is 15.0. The van der Waals surface area contributed by atoms with Crippen molar-refractivity contribution in [2.75, 3.05) is 0 Å². The van der Waals surface area contributed by atoms with Gasteiger partial charge in [-0.15, -0.1) is 16.4 Å². The molecule has 8 nitrogen and oxygen atoms in total. The van der Waals surface area contributed by atoms with Gasteiger partial charge in [-0.05, 0) is 18.6 Å². The third-order valence-corrected chi connectivity index (χ3v) is 5.93. The first kappa shape index (κ1) is 20.2. The molecule has 0 aliphatic carbocycles. The Kier molecular flexibility index (Phi) is 5.40. The van der Waals surface area contributed by atoms with Crippen molar-refractivity contribution in [3.63, 3.8) is 0 Å². The number of aryl methyl sites for hydroxylation is 1. The zero-order valence-corrected chi connectivity index (χ0v) is 17.8. The molecule has 0 bridgehead atoms. The number of amides is 1. The first-order valence-electron chi connectivity index (χ1n) is 9.29. The van der Waals surface area contributed by atoms with Crippen LogP contribution in [0.1, 0.15) is 58.9 Å². The minimum Gasteiger partial charge on any atom is -0.432 e. The molecular weight excluding hydrogens is 426 g/mol. The Bertz CT molecular complexity index is 1180. The summed E-state index contributed by atoms with van der Waals surface area (Å²) in [6.45, 7) is 3.37. The first-order valence-corrected chi connectivity index (χ1v) is 10.5. The monoisotopic (exact) mass is 443 g/mol. The van der Waals surface area contributed by atoms with Gasteiger partial charge in [0.25, 0.3) is 12.1 Å². The molecule has 4 rings (SSSR count). The SMILES string of the molecule is CCCc1cc2c(s1)-n1nc(C(N)=O)nc1C(OC(C)=O)N=C2c1ccccc1Cl. The molecule has 1 aliphatic heterocycles. The van der Waals surface area contributed by atoms with Crippen LogP contribution in [0.25, 0.3) is 5.00 Å². The van der Waals surface area contributed by atoms with Crippen molar-refractivity contribution in [1.82, 2.24) is 14.8 Å². The lowest BCUT2D eigenvalue weighted by molar-refractivity contribution is -0.146. The van der Waals surface area contributed by atoms with Crippen molar-refractivity contribution in [3.05, 3.63) is 63.0 Å². The maximum atomic E-state index is 11.8. The molecule has 1 unspecified atom stereocenters. The Labute approximate surface area is 181 Å². The molecular formula is C20H18ClN5O3S. The number of nitrogens with zero attached hydrogens (tertiary/aromatic N) is 4. The number of hydrogen-bond acceptors (Lipinski definition) is 7. The molecule has 0 radical (unpaired) electrons. The van der Waals surface area contributed by atoms with Crippen LogP contribution in [0.5, 0.6) is 0 Å². The van der Waals surface area contributed by atoms with Gasteiger partial charge in [0.15, 0.2) is 5.82 Å². The summed E-state index contributed by atoms with van der Waals surface area (Å²) < 4.78 is 6.91. The lowest BCUT2D eigenvalue weighted by Gasteiger charge is -2.12. The number of primary amides is 1. The molecule has 10 heteroatoms. The van der Waals surface area contributed by atoms with E-state index >= 15 is 0 Å². The van der Waals surface area contributed by atoms with Gasteiger partial charge in [-0.1, -0.05) is 43.1 Å². The van der Waals surface area contributed by atoms with Crippen molar-refractivity contribution in [1.29, 1.82) is 0 Å². The van der Waals surface area contributed by atoms with Gasteiger partial charge in [0.2, 0.25) is 5.82 Å². The number of halogens is 1. The largest absolute Gasteiger partial charge is 0.432 e. The van der Waals surface area contributed by atoms with Gasteiger partial charge in [0.05, 0.1) is 5.71 Å². The number of carbonyl (C=O) groups excluding carboxylic acids is 2. The Balaban J connectivity index is 2.01. The first-order chi connectivity index (χ1) is 14.4. The molecule has 3 heterocycles. The molecule has 154 valence electrons. The van der Waals surface area contributed by atoms with Crippen LogP contribution in [0.4, 0.5) is 0 Å². The number of ether oxygens (including phenoxy) is 1. The number of thiophene rings is 1. The van der Waals surface area contributed by atoms with Crippen LogP contribution < -0.4 is 5.73 Å². The quantitative estimate of drug-likeness (QED) is 0.607. The smallest absolute Gasteiger partial charge is 0.304 e. The van der Waals surface area contributed by atoms with Crippen LogP contribution in [-0.2, 0) is 16.0 Å². The van der Waals surface area contributed by atoms with E-state index in [1.165, 1.54) is 22.9 Å². The Morgan fingerprint density at radius 2 is 2.07 bits per heavy atom. The lowest BCUT2D eigenvalue weighted by atomic mass is 10.0. The van der Waals surface area contributed by atoms with E-state index in [1.54, 1.807) is 6.07 Å². The fourth-order valence-corrected chi connectivity index (χ4v) is 4.66. The highest BCUT2D eigenvalue weighted by Crippen LogP contribution is 2.37. The lowest BCUT2D eigenvalue weighted by Crippen LogP contribution is -2.14. The van der Waals surface area contributed by atoms with E-state index < -0.39 is 18.1 Å². The van der Waals surface area contributed by atoms with Crippen molar-refractivity contribution in [2.45, 2.75) is 32.9 Å². The highest BCUT2D eigenvalue weighted by molar-refractivity contribution is 7.15. The maximum absolute atomic E-state index is 11.8. The van der Waals surface area contributed by atoms with Crippen LogP contribution in [0.2, 0.25) is 5.02 Å². The van der Waals surface area contributed by atoms with Crippen molar-refractivity contribution in [2.24, 2.45) is 10.7 Å². The Hall–Kier alpha value is -3.04. The average Bonchev–Trinajstić information content (AvgIpc) is 3.28. The molecule has 1 amide bonds. The van der Waals surface area contributed by atoms with Gasteiger partial charge >= 0.3 is 5.97 Å². The summed E-state index contributed by atoms with van der Waals surface area (Å²) >= 11 is 7.98. The summed E-state index contributed by atoms with van der Waals surface area (Å²) in [5.74, 6) is -1.30. The number of aliphatic imine (C=N–C) groups is 1. The second-order valence-corrected chi connectivity index (χ2v) is 8.19. The van der Waals surface area contributed by atoms with Crippen LogP contribution in [0.3, 0.4) is 0 Å². The third-order valence-electron chi connectivity index (χ3n) is 4.43. The molecule has 1 aliphatic rings. The molecule has 0 saturated carbocycles. The van der Waals surface area contributed by atoms with Gasteiger partial charge in [-0.3, -0.25) is 9.59 Å². The molecule has 0 spiro atoms. The van der Waals surface area contributed by atoms with E-state index in [2.05, 4.69) is 17.0 Å². The average molecular weight is 444 g/mol. The molecule has 1 atom stereocenters. The van der Waals surface area contributed by atoms with E-state index in [1.807, 2.05) is 24.3 Å². The number of carbonyl (C=O) groups is 2. The van der Waals surface area contributed by atoms with Gasteiger partial charge in [0.1, 0.15) is 5.00 Å². The zero-order valence-electron chi connectivity index (χ0n) is 16.3. The maximum Gasteiger partial charge on any atom is 0.304 e. The van der Waals surface area contributed by atoms with E-state index in [4.69, 9.17) is 27.1 Å². The minimum atomic E-state index is -1.11. The highest BCUT2D eigenvalue weighted by atomic mass is 35.5. The van der Waals surface area contributed by atoms with Gasteiger partial charge in [-0.2, -0.15) is 0 Å². The van der Waals surface area contributed by atoms with E-state index in [-0.39, 0.29) is 11.6 Å². The molecule has 3 aromatic rings. The van der Waals surface area contributed by atoms with Crippen LogP contribution in [0, 0.1) is 0 Å². The van der Waals surface area contributed by atoms with Crippen LogP contribution in [-0.4, -0.2) is 32.4 Å². The number of rotatable bonds is 5. The van der Waals surface area contributed by atoms with Crippen molar-refractivity contribution in [3.8, 4) is 5.00 Å². The van der Waals surface area contributed by atoms with Crippen molar-refractivity contribution >= 4 is 40.5 Å². The fourth-order valence-electron chi connectivity index (χ4n) is 3.21. The molecule has 1 aromatic carbocycles. The van der Waals surface area contributed by atoms with E-state index in [0.717, 1.165) is 23.3 Å². The van der Waals surface area contributed by atoms with Gasteiger partial charge < -0.3 is 10.5 Å². The molecule has 2 N–H and O–H groups in total. The van der Waals surface area contributed by atoms with Gasteiger partial charge in [-0.25, -0.2) is 14.7 Å². The number of fused-ring (bicyclic) bond motifs is 3. The minimum absolute atomic E-state index is 0.171. The predicted octanol–water partition coefficient (Wildman–Crippen LogP) is 3.45. The molecule has 0 fully saturated rings. The molecule has 2 aromatic heterocycles. The Morgan fingerprint density at radius 3 is 2.73 bits per heavy atom. The summed E-state index contributed by atoms with van der Waals surface area (Å²) in [6.07, 6.45) is 0.724. The van der Waals surface area contributed by atoms with Gasteiger partial charge in [0, 0.05) is 28.0 Å². The van der Waals surface area contributed by atoms with Crippen molar-refractivity contribution < 1.29 is 14.3 Å². The summed E-state index contributed by atoms with van der Waals surface area (Å²) in [7, 11) is 0. The molecule has 30 heavy (non-hydrogen) atoms. The van der Waals surface area contributed by atoms with E-state index in [9.17, 15) is 9.59 Å². The molecule has 0 saturated heterocycles. The number of nitrogens with two attached hydrogens (primary N) is 1. The summed E-state index contributed by atoms with van der Waals surface area (Å²) in [5.41, 5.74) is 7.42. The van der Waals surface area contributed by atoms with E-state index in [0.29, 0.717) is 21.3 Å². The predicted molar refractivity (Wildman–Crippen MR) is 113 cm³/mol. The topological polar surface area (TPSA) is 112 Å². The van der Waals surface area contributed by atoms with Crippen LogP contribution >= 0.6 is 22.9 Å². The number of aromatic nitrogens is 3. The zero-order chi connectivity index (χ0) is 21.4. The standard InChI is InChI=1S/C20H18ClN5O3S/c1-3-6-11-9-13-15(12-7-4-5-8-14(12)21)23-19(29-10(2)27)18-24-17(16(22)28)25-26(18)20(13)30-11/h4-5,7-9,19H,3,6H2,1-2H3,(H2,22,28).